The summed E-state index contributed by atoms with van der Waals surface area (Å²) in [5, 5.41) is 12.9. The zero-order valence-electron chi connectivity index (χ0n) is 11.0. The highest BCUT2D eigenvalue weighted by Gasteiger charge is 2.22. The zero-order valence-corrected chi connectivity index (χ0v) is 11.0. The van der Waals surface area contributed by atoms with Gasteiger partial charge in [-0.1, -0.05) is 12.8 Å². The van der Waals surface area contributed by atoms with Gasteiger partial charge in [0.15, 0.2) is 0 Å². The third-order valence-electron chi connectivity index (χ3n) is 4.37. The quantitative estimate of drug-likeness (QED) is 0.666. The average Bonchev–Trinajstić information content (AvgIpc) is 2.98. The Labute approximate surface area is 106 Å². The molecule has 1 saturated heterocycles. The van der Waals surface area contributed by atoms with Crippen LogP contribution >= 0.6 is 0 Å². The van der Waals surface area contributed by atoms with Gasteiger partial charge in [0, 0.05) is 12.1 Å². The van der Waals surface area contributed by atoms with E-state index in [2.05, 4.69) is 10.2 Å². The molecule has 0 aromatic carbocycles. The van der Waals surface area contributed by atoms with E-state index in [0.717, 1.165) is 6.04 Å². The lowest BCUT2D eigenvalue weighted by molar-refractivity contribution is 0.157. The molecule has 1 atom stereocenters. The summed E-state index contributed by atoms with van der Waals surface area (Å²) in [6, 6.07) is 1.27. The molecule has 0 aromatic rings. The molecule has 3 heteroatoms. The summed E-state index contributed by atoms with van der Waals surface area (Å²) >= 11 is 0. The van der Waals surface area contributed by atoms with Crippen LogP contribution in [-0.4, -0.2) is 48.3 Å². The molecule has 2 fully saturated rings. The van der Waals surface area contributed by atoms with Gasteiger partial charge in [-0.05, 0) is 58.2 Å². The summed E-state index contributed by atoms with van der Waals surface area (Å²) in [5.41, 5.74) is 0. The first kappa shape index (κ1) is 13.3. The summed E-state index contributed by atoms with van der Waals surface area (Å²) in [5.74, 6) is 0. The maximum Gasteiger partial charge on any atom is 0.0586 e. The van der Waals surface area contributed by atoms with Gasteiger partial charge >= 0.3 is 0 Å². The molecule has 1 heterocycles. The third-order valence-corrected chi connectivity index (χ3v) is 4.37. The molecule has 2 N–H and O–H groups in total. The van der Waals surface area contributed by atoms with Crippen LogP contribution in [0.5, 0.6) is 0 Å². The Morgan fingerprint density at radius 3 is 2.65 bits per heavy atom. The van der Waals surface area contributed by atoms with Crippen molar-refractivity contribution in [2.24, 2.45) is 0 Å². The number of hydrogen-bond acceptors (Lipinski definition) is 3. The molecule has 17 heavy (non-hydrogen) atoms. The maximum atomic E-state index is 9.23. The van der Waals surface area contributed by atoms with Crippen LogP contribution < -0.4 is 5.32 Å². The summed E-state index contributed by atoms with van der Waals surface area (Å²) in [6.45, 7) is 3.90. The topological polar surface area (TPSA) is 35.5 Å². The van der Waals surface area contributed by atoms with Gasteiger partial charge in [0.1, 0.15) is 0 Å². The van der Waals surface area contributed by atoms with E-state index in [1.807, 2.05) is 0 Å². The number of rotatable bonds is 7. The van der Waals surface area contributed by atoms with Crippen LogP contribution in [-0.2, 0) is 0 Å². The molecule has 0 amide bonds. The minimum atomic E-state index is 0.348. The van der Waals surface area contributed by atoms with Crippen LogP contribution in [0.3, 0.4) is 0 Å². The molecule has 0 aromatic heterocycles. The van der Waals surface area contributed by atoms with Crippen molar-refractivity contribution in [2.75, 3.05) is 26.2 Å². The van der Waals surface area contributed by atoms with E-state index in [0.29, 0.717) is 12.6 Å². The van der Waals surface area contributed by atoms with Gasteiger partial charge in [-0.3, -0.25) is 4.90 Å². The smallest absolute Gasteiger partial charge is 0.0586 e. The Balaban J connectivity index is 1.48. The van der Waals surface area contributed by atoms with Gasteiger partial charge in [-0.2, -0.15) is 0 Å². The van der Waals surface area contributed by atoms with Gasteiger partial charge in [0.2, 0.25) is 0 Å². The van der Waals surface area contributed by atoms with E-state index >= 15 is 0 Å². The molecular formula is C14H28N2O. The van der Waals surface area contributed by atoms with E-state index in [-0.39, 0.29) is 0 Å². The monoisotopic (exact) mass is 240 g/mol. The van der Waals surface area contributed by atoms with E-state index in [1.54, 1.807) is 0 Å². The second-order valence-corrected chi connectivity index (χ2v) is 5.66. The van der Waals surface area contributed by atoms with Gasteiger partial charge < -0.3 is 10.4 Å². The summed E-state index contributed by atoms with van der Waals surface area (Å²) in [4.78, 5) is 2.47. The average molecular weight is 240 g/mol. The first-order valence-electron chi connectivity index (χ1n) is 7.48. The van der Waals surface area contributed by atoms with Crippen molar-refractivity contribution >= 4 is 0 Å². The number of aliphatic hydroxyl groups excluding tert-OH is 1. The van der Waals surface area contributed by atoms with E-state index in [1.165, 1.54) is 71.0 Å². The Bertz CT molecular complexity index is 204. The second kappa shape index (κ2) is 7.34. The van der Waals surface area contributed by atoms with E-state index in [4.69, 9.17) is 0 Å². The molecule has 100 valence electrons. The van der Waals surface area contributed by atoms with Gasteiger partial charge in [-0.15, -0.1) is 0 Å². The highest BCUT2D eigenvalue weighted by atomic mass is 16.3. The Kier molecular flexibility index (Phi) is 5.75. The van der Waals surface area contributed by atoms with Crippen molar-refractivity contribution in [3.05, 3.63) is 0 Å². The fraction of sp³-hybridized carbons (Fsp3) is 1.00. The van der Waals surface area contributed by atoms with Crippen LogP contribution in [0.15, 0.2) is 0 Å². The van der Waals surface area contributed by atoms with E-state index < -0.39 is 0 Å². The van der Waals surface area contributed by atoms with Crippen LogP contribution in [0.1, 0.15) is 51.4 Å². The predicted octanol–water partition coefficient (Wildman–Crippen LogP) is 1.76. The van der Waals surface area contributed by atoms with Gasteiger partial charge in [0.05, 0.1) is 6.61 Å². The molecule has 1 saturated carbocycles. The predicted molar refractivity (Wildman–Crippen MR) is 71.2 cm³/mol. The second-order valence-electron chi connectivity index (χ2n) is 5.66. The van der Waals surface area contributed by atoms with Crippen molar-refractivity contribution in [3.8, 4) is 0 Å². The third kappa shape index (κ3) is 4.23. The molecule has 1 aliphatic heterocycles. The minimum Gasteiger partial charge on any atom is -0.395 e. The molecule has 0 radical (unpaired) electrons. The van der Waals surface area contributed by atoms with Crippen molar-refractivity contribution < 1.29 is 5.11 Å². The highest BCUT2D eigenvalue weighted by molar-refractivity contribution is 4.78. The molecule has 3 nitrogen and oxygen atoms in total. The molecular weight excluding hydrogens is 212 g/mol. The molecule has 2 aliphatic rings. The molecule has 0 spiro atoms. The number of hydrogen-bond donors (Lipinski definition) is 2. The normalized spacial score (nSPS) is 27.0. The molecule has 1 unspecified atom stereocenters. The maximum absolute atomic E-state index is 9.23. The first-order chi connectivity index (χ1) is 8.40. The Morgan fingerprint density at radius 1 is 1.06 bits per heavy atom. The first-order valence-corrected chi connectivity index (χ1v) is 7.48. The SMILES string of the molecule is OCC1CCCN1CCCCNC1CCCC1. The van der Waals surface area contributed by atoms with Crippen molar-refractivity contribution in [1.82, 2.24) is 10.2 Å². The Hall–Kier alpha value is -0.120. The van der Waals surface area contributed by atoms with Crippen molar-refractivity contribution in [1.29, 1.82) is 0 Å². The summed E-state index contributed by atoms with van der Waals surface area (Å²) < 4.78 is 0. The molecule has 2 rings (SSSR count). The number of nitrogens with zero attached hydrogens (tertiary/aromatic N) is 1. The van der Waals surface area contributed by atoms with Crippen molar-refractivity contribution in [2.45, 2.75) is 63.5 Å². The van der Waals surface area contributed by atoms with E-state index in [9.17, 15) is 5.11 Å². The van der Waals surface area contributed by atoms with Gasteiger partial charge in [0.25, 0.3) is 0 Å². The number of nitrogens with one attached hydrogen (secondary N) is 1. The van der Waals surface area contributed by atoms with Crippen molar-refractivity contribution in [3.63, 3.8) is 0 Å². The largest absolute Gasteiger partial charge is 0.395 e. The van der Waals surface area contributed by atoms with Gasteiger partial charge in [-0.25, -0.2) is 0 Å². The summed E-state index contributed by atoms with van der Waals surface area (Å²) in [7, 11) is 0. The lowest BCUT2D eigenvalue weighted by atomic mass is 10.2. The van der Waals surface area contributed by atoms with Crippen LogP contribution in [0.4, 0.5) is 0 Å². The lowest BCUT2D eigenvalue weighted by Gasteiger charge is -2.22. The fourth-order valence-electron chi connectivity index (χ4n) is 3.27. The lowest BCUT2D eigenvalue weighted by Crippen LogP contribution is -2.33. The van der Waals surface area contributed by atoms with Crippen LogP contribution in [0.2, 0.25) is 0 Å². The van der Waals surface area contributed by atoms with Crippen LogP contribution in [0.25, 0.3) is 0 Å². The minimum absolute atomic E-state index is 0.348. The number of likely N-dealkylation sites (tertiary alicyclic amines) is 1. The zero-order chi connectivity index (χ0) is 11.9. The number of aliphatic hydroxyl groups is 1. The standard InChI is InChI=1S/C14H28N2O/c17-12-14-8-5-11-16(14)10-4-3-9-15-13-6-1-2-7-13/h13-15,17H,1-12H2. The fourth-order valence-corrected chi connectivity index (χ4v) is 3.27. The summed E-state index contributed by atoms with van der Waals surface area (Å²) in [6.07, 6.45) is 10.6. The van der Waals surface area contributed by atoms with Crippen LogP contribution in [0, 0.1) is 0 Å². The highest BCUT2D eigenvalue weighted by Crippen LogP contribution is 2.18. The molecule has 1 aliphatic carbocycles. The molecule has 0 bridgehead atoms. The Morgan fingerprint density at radius 2 is 1.88 bits per heavy atom. The number of unbranched alkanes of at least 4 members (excludes halogenated alkanes) is 1.